The molecular weight excluding hydrogens is 625 g/mol. The van der Waals surface area contributed by atoms with Crippen LogP contribution in [-0.4, -0.2) is 94.6 Å². The molecule has 15 heteroatoms. The van der Waals surface area contributed by atoms with Gasteiger partial charge in [0.05, 0.1) is 30.2 Å². The van der Waals surface area contributed by atoms with Crippen LogP contribution in [0.4, 0.5) is 19.0 Å². The number of pyridine rings is 1. The number of β-amino-alcohol motifs (C(OH)–C–C–N with tert-alkyl or cyclic N) is 1. The van der Waals surface area contributed by atoms with Crippen molar-refractivity contribution in [2.45, 2.75) is 64.5 Å². The highest BCUT2D eigenvalue weighted by Gasteiger charge is 2.36. The molecule has 0 bridgehead atoms. The Kier molecular flexibility index (Phi) is 10.1. The quantitative estimate of drug-likeness (QED) is 0.407. The molecule has 1 unspecified atom stereocenters. The summed E-state index contributed by atoms with van der Waals surface area (Å²) in [4.78, 5) is 20.9. The summed E-state index contributed by atoms with van der Waals surface area (Å²) >= 11 is 0. The van der Waals surface area contributed by atoms with Crippen LogP contribution >= 0.6 is 0 Å². The van der Waals surface area contributed by atoms with Gasteiger partial charge in [0.15, 0.2) is 18.2 Å². The molecule has 2 aromatic heterocycles. The minimum atomic E-state index is -4.48. The Hall–Kier alpha value is -3.53. The molecule has 1 aromatic carbocycles. The van der Waals surface area contributed by atoms with Crippen LogP contribution in [0.3, 0.4) is 0 Å². The minimum Gasteiger partial charge on any atom is -0.480 e. The van der Waals surface area contributed by atoms with Crippen LogP contribution in [0.25, 0.3) is 11.3 Å². The number of anilines is 1. The minimum absolute atomic E-state index is 0.0256. The lowest BCUT2D eigenvalue weighted by Crippen LogP contribution is -2.52. The fraction of sp³-hybridized carbons (Fsp3) is 0.516. The van der Waals surface area contributed by atoms with Gasteiger partial charge in [0.1, 0.15) is 0 Å². The molecule has 1 fully saturated rings. The highest BCUT2D eigenvalue weighted by atomic mass is 32.2. The summed E-state index contributed by atoms with van der Waals surface area (Å²) in [5, 5.41) is 15.8. The number of aromatic nitrogens is 3. The van der Waals surface area contributed by atoms with Crippen molar-refractivity contribution in [3.05, 3.63) is 59.4 Å². The number of ether oxygens (including phenoxy) is 1. The van der Waals surface area contributed by atoms with Crippen molar-refractivity contribution >= 4 is 21.7 Å². The van der Waals surface area contributed by atoms with E-state index < -0.39 is 27.9 Å². The number of nitrogens with zero attached hydrogens (tertiary/aromatic N) is 6. The molecule has 1 atom stereocenters. The van der Waals surface area contributed by atoms with E-state index in [4.69, 9.17) is 4.74 Å². The lowest BCUT2D eigenvalue weighted by Gasteiger charge is -2.40. The number of halogens is 3. The van der Waals surface area contributed by atoms with E-state index in [0.29, 0.717) is 67.3 Å². The largest absolute Gasteiger partial charge is 0.480 e. The molecule has 3 aliphatic heterocycles. The SMILES string of the molecule is CC.CS(=O)(=O)N1CCc2c(c(-c3ccc(C(F)(F)F)cc3)nn2CC(O)CN2CCC(N3C(=O)COc4cccnc43)CC2)C1. The third kappa shape index (κ3) is 7.22. The van der Waals surface area contributed by atoms with E-state index >= 15 is 0 Å². The summed E-state index contributed by atoms with van der Waals surface area (Å²) in [5.74, 6) is 0.989. The number of sulfonamides is 1. The van der Waals surface area contributed by atoms with Gasteiger partial charge >= 0.3 is 6.18 Å². The van der Waals surface area contributed by atoms with Gasteiger partial charge in [0.2, 0.25) is 10.0 Å². The molecule has 1 amide bonds. The Bertz CT molecular complexity index is 1640. The number of amides is 1. The molecule has 0 saturated carbocycles. The Morgan fingerprint density at radius 3 is 2.41 bits per heavy atom. The highest BCUT2D eigenvalue weighted by molar-refractivity contribution is 7.88. The van der Waals surface area contributed by atoms with Crippen LogP contribution in [-0.2, 0) is 40.5 Å². The first-order chi connectivity index (χ1) is 21.9. The number of benzene rings is 1. The summed E-state index contributed by atoms with van der Waals surface area (Å²) in [6, 6.07) is 8.16. The topological polar surface area (TPSA) is 121 Å². The molecule has 0 spiro atoms. The zero-order valence-electron chi connectivity index (χ0n) is 26.1. The van der Waals surface area contributed by atoms with Crippen molar-refractivity contribution in [2.75, 3.05) is 43.9 Å². The van der Waals surface area contributed by atoms with E-state index in [0.717, 1.165) is 24.1 Å². The van der Waals surface area contributed by atoms with Gasteiger partial charge in [-0.3, -0.25) is 14.4 Å². The Labute approximate surface area is 266 Å². The van der Waals surface area contributed by atoms with E-state index in [1.807, 2.05) is 13.8 Å². The van der Waals surface area contributed by atoms with Crippen LogP contribution < -0.4 is 9.64 Å². The van der Waals surface area contributed by atoms with Gasteiger partial charge in [-0.05, 0) is 37.1 Å². The molecule has 0 radical (unpaired) electrons. The number of likely N-dealkylation sites (tertiary alicyclic amines) is 1. The zero-order valence-corrected chi connectivity index (χ0v) is 26.9. The molecule has 1 N–H and O–H groups in total. The molecular formula is C31H39F3N6O5S. The van der Waals surface area contributed by atoms with E-state index in [1.165, 1.54) is 16.4 Å². The standard InChI is InChI=1S/C29H33F3N6O5S.C2H6/c1-44(41,42)36-14-10-24-23(17-36)27(19-4-6-20(7-5-19)29(30,31)32)34-37(24)16-22(39)15-35-12-8-21(9-13-35)38-26(40)18-43-25-3-2-11-33-28(25)38;1-2/h2-7,11,21-22,39H,8-10,12-18H2,1H3;1-2H3. The van der Waals surface area contributed by atoms with Crippen LogP contribution in [0.1, 0.15) is 43.5 Å². The van der Waals surface area contributed by atoms with Gasteiger partial charge < -0.3 is 14.7 Å². The fourth-order valence-corrected chi connectivity index (χ4v) is 7.03. The maximum absolute atomic E-state index is 13.2. The van der Waals surface area contributed by atoms with Crippen molar-refractivity contribution in [2.24, 2.45) is 0 Å². The Morgan fingerprint density at radius 1 is 1.07 bits per heavy atom. The first kappa shape index (κ1) is 33.8. The highest BCUT2D eigenvalue weighted by Crippen LogP contribution is 2.35. The average Bonchev–Trinajstić information content (AvgIpc) is 3.39. The number of carbonyl (C=O) groups is 1. The Balaban J connectivity index is 0.00000204. The second-order valence-electron chi connectivity index (χ2n) is 11.4. The number of hydrogen-bond acceptors (Lipinski definition) is 8. The number of alkyl halides is 3. The zero-order chi connectivity index (χ0) is 33.2. The van der Waals surface area contributed by atoms with E-state index in [1.54, 1.807) is 27.9 Å². The average molecular weight is 665 g/mol. The molecule has 1 saturated heterocycles. The Morgan fingerprint density at radius 2 is 1.76 bits per heavy atom. The normalized spacial score (nSPS) is 18.7. The van der Waals surface area contributed by atoms with Gasteiger partial charge in [0, 0.05) is 68.2 Å². The third-order valence-electron chi connectivity index (χ3n) is 8.43. The summed E-state index contributed by atoms with van der Waals surface area (Å²) in [6.07, 6.45) is -0.779. The second kappa shape index (κ2) is 13.7. The van der Waals surface area contributed by atoms with E-state index in [-0.39, 0.29) is 38.2 Å². The van der Waals surface area contributed by atoms with E-state index in [9.17, 15) is 31.5 Å². The molecule has 250 valence electrons. The summed E-state index contributed by atoms with van der Waals surface area (Å²) in [5.41, 5.74) is 1.44. The van der Waals surface area contributed by atoms with E-state index in [2.05, 4.69) is 15.0 Å². The third-order valence-corrected chi connectivity index (χ3v) is 9.68. The maximum Gasteiger partial charge on any atom is 0.416 e. The van der Waals surface area contributed by atoms with Crippen LogP contribution in [0.15, 0.2) is 42.6 Å². The molecule has 11 nitrogen and oxygen atoms in total. The lowest BCUT2D eigenvalue weighted by atomic mass is 10.0. The van der Waals surface area contributed by atoms with Crippen LogP contribution in [0, 0.1) is 0 Å². The van der Waals surface area contributed by atoms with Gasteiger partial charge in [-0.15, -0.1) is 0 Å². The number of aliphatic hydroxyl groups is 1. The van der Waals surface area contributed by atoms with Crippen LogP contribution in [0.5, 0.6) is 5.75 Å². The maximum atomic E-state index is 13.2. The monoisotopic (exact) mass is 664 g/mol. The van der Waals surface area contributed by atoms with Gasteiger partial charge in [0.25, 0.3) is 5.91 Å². The smallest absolute Gasteiger partial charge is 0.416 e. The predicted octanol–water partition coefficient (Wildman–Crippen LogP) is 3.56. The number of carbonyl (C=O) groups excluding carboxylic acids is 1. The van der Waals surface area contributed by atoms with Gasteiger partial charge in [-0.25, -0.2) is 13.4 Å². The number of hydrogen-bond donors (Lipinski definition) is 1. The van der Waals surface area contributed by atoms with Crippen molar-refractivity contribution in [1.82, 2.24) is 24.0 Å². The number of piperidine rings is 1. The molecule has 3 aliphatic rings. The van der Waals surface area contributed by atoms with Gasteiger partial charge in [-0.2, -0.15) is 22.6 Å². The number of fused-ring (bicyclic) bond motifs is 2. The lowest BCUT2D eigenvalue weighted by molar-refractivity contribution is -0.137. The second-order valence-corrected chi connectivity index (χ2v) is 13.4. The number of rotatable bonds is 7. The molecule has 46 heavy (non-hydrogen) atoms. The first-order valence-corrected chi connectivity index (χ1v) is 17.2. The van der Waals surface area contributed by atoms with Gasteiger partial charge in [-0.1, -0.05) is 26.0 Å². The molecule has 0 aliphatic carbocycles. The van der Waals surface area contributed by atoms with Crippen molar-refractivity contribution in [1.29, 1.82) is 0 Å². The summed E-state index contributed by atoms with van der Waals surface area (Å²) < 4.78 is 72.6. The first-order valence-electron chi connectivity index (χ1n) is 15.4. The molecule has 5 heterocycles. The van der Waals surface area contributed by atoms with Crippen LogP contribution in [0.2, 0.25) is 0 Å². The fourth-order valence-electron chi connectivity index (χ4n) is 6.24. The van der Waals surface area contributed by atoms with Crippen molar-refractivity contribution in [3.8, 4) is 17.0 Å². The number of aliphatic hydroxyl groups excluding tert-OH is 1. The predicted molar refractivity (Wildman–Crippen MR) is 166 cm³/mol. The van der Waals surface area contributed by atoms with Crippen molar-refractivity contribution in [3.63, 3.8) is 0 Å². The molecule has 6 rings (SSSR count). The summed E-state index contributed by atoms with van der Waals surface area (Å²) in [7, 11) is -3.50. The molecule has 3 aromatic rings. The van der Waals surface area contributed by atoms with Crippen molar-refractivity contribution < 1.29 is 36.2 Å². The summed E-state index contributed by atoms with van der Waals surface area (Å²) in [6.45, 7) is 6.08.